The number of hydrogen-bond acceptors (Lipinski definition) is 1. The summed E-state index contributed by atoms with van der Waals surface area (Å²) >= 11 is 0. The van der Waals surface area contributed by atoms with E-state index in [1.807, 2.05) is 19.2 Å². The summed E-state index contributed by atoms with van der Waals surface area (Å²) in [6.07, 6.45) is 6.09. The van der Waals surface area contributed by atoms with E-state index in [0.29, 0.717) is 6.04 Å². The standard InChI is InChI=1S/C14H20FN/c1-16-14-7-5-11(6-8-14)9-12-3-2-4-13(15)10-12/h2-4,10-11,14,16H,5-9H2,1H3. The van der Waals surface area contributed by atoms with Crippen molar-refractivity contribution in [2.24, 2.45) is 5.92 Å². The summed E-state index contributed by atoms with van der Waals surface area (Å²) in [5.41, 5.74) is 1.15. The Morgan fingerprint density at radius 2 is 2.00 bits per heavy atom. The maximum atomic E-state index is 13.0. The van der Waals surface area contributed by atoms with Gasteiger partial charge in [0.05, 0.1) is 0 Å². The van der Waals surface area contributed by atoms with Crippen molar-refractivity contribution in [3.8, 4) is 0 Å². The normalized spacial score (nSPS) is 25.6. The van der Waals surface area contributed by atoms with Crippen LogP contribution in [-0.2, 0) is 6.42 Å². The molecule has 0 amide bonds. The first-order valence-corrected chi connectivity index (χ1v) is 6.19. The Labute approximate surface area is 97.1 Å². The fourth-order valence-electron chi connectivity index (χ4n) is 2.65. The van der Waals surface area contributed by atoms with Crippen LogP contribution in [0.15, 0.2) is 24.3 Å². The van der Waals surface area contributed by atoms with Gasteiger partial charge in [-0.15, -0.1) is 0 Å². The molecule has 0 bridgehead atoms. The van der Waals surface area contributed by atoms with Crippen LogP contribution in [-0.4, -0.2) is 13.1 Å². The molecular weight excluding hydrogens is 201 g/mol. The van der Waals surface area contributed by atoms with Gasteiger partial charge in [0.1, 0.15) is 5.82 Å². The van der Waals surface area contributed by atoms with Gasteiger partial charge in [-0.25, -0.2) is 4.39 Å². The third-order valence-corrected chi connectivity index (χ3v) is 3.67. The Morgan fingerprint density at radius 3 is 2.62 bits per heavy atom. The fourth-order valence-corrected chi connectivity index (χ4v) is 2.65. The lowest BCUT2D eigenvalue weighted by Crippen LogP contribution is -2.30. The highest BCUT2D eigenvalue weighted by Crippen LogP contribution is 2.27. The van der Waals surface area contributed by atoms with E-state index < -0.39 is 0 Å². The lowest BCUT2D eigenvalue weighted by Gasteiger charge is -2.28. The molecule has 0 unspecified atom stereocenters. The summed E-state index contributed by atoms with van der Waals surface area (Å²) in [6, 6.07) is 7.73. The second-order valence-electron chi connectivity index (χ2n) is 4.84. The third kappa shape index (κ3) is 3.05. The maximum absolute atomic E-state index is 13.0. The van der Waals surface area contributed by atoms with E-state index >= 15 is 0 Å². The molecule has 0 heterocycles. The molecule has 0 radical (unpaired) electrons. The Bertz CT molecular complexity index is 329. The minimum atomic E-state index is -0.110. The number of rotatable bonds is 3. The molecule has 1 saturated carbocycles. The zero-order valence-corrected chi connectivity index (χ0v) is 9.88. The summed E-state index contributed by atoms with van der Waals surface area (Å²) in [5, 5.41) is 3.34. The molecule has 0 saturated heterocycles. The van der Waals surface area contributed by atoms with E-state index in [1.165, 1.54) is 31.7 Å². The van der Waals surface area contributed by atoms with Crippen LogP contribution in [0.2, 0.25) is 0 Å². The number of benzene rings is 1. The first-order chi connectivity index (χ1) is 7.78. The van der Waals surface area contributed by atoms with Gasteiger partial charge >= 0.3 is 0 Å². The van der Waals surface area contributed by atoms with Gasteiger partial charge in [-0.05, 0) is 62.8 Å². The van der Waals surface area contributed by atoms with E-state index in [4.69, 9.17) is 0 Å². The van der Waals surface area contributed by atoms with Crippen LogP contribution in [0, 0.1) is 11.7 Å². The van der Waals surface area contributed by atoms with Crippen LogP contribution in [0.5, 0.6) is 0 Å². The molecular formula is C14H20FN. The highest BCUT2D eigenvalue weighted by molar-refractivity contribution is 5.17. The molecule has 2 heteroatoms. The van der Waals surface area contributed by atoms with E-state index in [2.05, 4.69) is 5.32 Å². The molecule has 16 heavy (non-hydrogen) atoms. The first-order valence-electron chi connectivity index (χ1n) is 6.19. The van der Waals surface area contributed by atoms with Gasteiger partial charge in [0.15, 0.2) is 0 Å². The molecule has 0 atom stereocenters. The van der Waals surface area contributed by atoms with E-state index in [1.54, 1.807) is 6.07 Å². The SMILES string of the molecule is CNC1CCC(Cc2cccc(F)c2)CC1. The molecule has 1 aliphatic carbocycles. The predicted octanol–water partition coefficient (Wildman–Crippen LogP) is 3.15. The number of hydrogen-bond donors (Lipinski definition) is 1. The second kappa shape index (κ2) is 5.44. The van der Waals surface area contributed by atoms with Crippen LogP contribution < -0.4 is 5.32 Å². The molecule has 1 aromatic carbocycles. The molecule has 0 aliphatic heterocycles. The molecule has 88 valence electrons. The van der Waals surface area contributed by atoms with E-state index in [0.717, 1.165) is 17.9 Å². The topological polar surface area (TPSA) is 12.0 Å². The van der Waals surface area contributed by atoms with Crippen molar-refractivity contribution in [2.45, 2.75) is 38.1 Å². The molecule has 2 rings (SSSR count). The minimum Gasteiger partial charge on any atom is -0.317 e. The summed E-state index contributed by atoms with van der Waals surface area (Å²) < 4.78 is 13.0. The van der Waals surface area contributed by atoms with Gasteiger partial charge in [0.25, 0.3) is 0 Å². The van der Waals surface area contributed by atoms with Crippen molar-refractivity contribution >= 4 is 0 Å². The van der Waals surface area contributed by atoms with Crippen LogP contribution >= 0.6 is 0 Å². The number of nitrogens with one attached hydrogen (secondary N) is 1. The molecule has 1 aliphatic rings. The first kappa shape index (κ1) is 11.6. The Morgan fingerprint density at radius 1 is 1.25 bits per heavy atom. The number of halogens is 1. The Kier molecular flexibility index (Phi) is 3.94. The van der Waals surface area contributed by atoms with Gasteiger partial charge in [-0.1, -0.05) is 12.1 Å². The molecule has 0 aromatic heterocycles. The van der Waals surface area contributed by atoms with Crippen LogP contribution in [0.25, 0.3) is 0 Å². The predicted molar refractivity (Wildman–Crippen MR) is 64.9 cm³/mol. The average Bonchev–Trinajstić information content (AvgIpc) is 2.30. The van der Waals surface area contributed by atoms with Crippen molar-refractivity contribution in [1.29, 1.82) is 0 Å². The van der Waals surface area contributed by atoms with E-state index in [9.17, 15) is 4.39 Å². The monoisotopic (exact) mass is 221 g/mol. The molecule has 1 aromatic rings. The van der Waals surface area contributed by atoms with Crippen LogP contribution in [0.3, 0.4) is 0 Å². The Balaban J connectivity index is 1.87. The minimum absolute atomic E-state index is 0.110. The highest BCUT2D eigenvalue weighted by Gasteiger charge is 2.19. The van der Waals surface area contributed by atoms with Crippen molar-refractivity contribution < 1.29 is 4.39 Å². The van der Waals surface area contributed by atoms with Gasteiger partial charge in [0.2, 0.25) is 0 Å². The molecule has 1 N–H and O–H groups in total. The quantitative estimate of drug-likeness (QED) is 0.826. The fraction of sp³-hybridized carbons (Fsp3) is 0.571. The highest BCUT2D eigenvalue weighted by atomic mass is 19.1. The van der Waals surface area contributed by atoms with Crippen molar-refractivity contribution in [1.82, 2.24) is 5.32 Å². The van der Waals surface area contributed by atoms with Gasteiger partial charge in [-0.3, -0.25) is 0 Å². The summed E-state index contributed by atoms with van der Waals surface area (Å²) in [5.74, 6) is 0.632. The van der Waals surface area contributed by atoms with E-state index in [-0.39, 0.29) is 5.82 Å². The van der Waals surface area contributed by atoms with Crippen molar-refractivity contribution in [2.75, 3.05) is 7.05 Å². The summed E-state index contributed by atoms with van der Waals surface area (Å²) in [6.45, 7) is 0. The molecule has 1 fully saturated rings. The average molecular weight is 221 g/mol. The summed E-state index contributed by atoms with van der Waals surface area (Å²) in [4.78, 5) is 0. The Hall–Kier alpha value is -0.890. The lowest BCUT2D eigenvalue weighted by atomic mass is 9.82. The maximum Gasteiger partial charge on any atom is 0.123 e. The second-order valence-corrected chi connectivity index (χ2v) is 4.84. The van der Waals surface area contributed by atoms with Gasteiger partial charge in [0, 0.05) is 6.04 Å². The third-order valence-electron chi connectivity index (χ3n) is 3.67. The van der Waals surface area contributed by atoms with Gasteiger partial charge in [-0.2, -0.15) is 0 Å². The smallest absolute Gasteiger partial charge is 0.123 e. The van der Waals surface area contributed by atoms with Crippen molar-refractivity contribution in [3.05, 3.63) is 35.6 Å². The van der Waals surface area contributed by atoms with Gasteiger partial charge < -0.3 is 5.32 Å². The zero-order valence-electron chi connectivity index (χ0n) is 9.88. The zero-order chi connectivity index (χ0) is 11.4. The summed E-state index contributed by atoms with van der Waals surface area (Å²) in [7, 11) is 2.04. The van der Waals surface area contributed by atoms with Crippen molar-refractivity contribution in [3.63, 3.8) is 0 Å². The lowest BCUT2D eigenvalue weighted by molar-refractivity contribution is 0.300. The molecule has 1 nitrogen and oxygen atoms in total. The van der Waals surface area contributed by atoms with Crippen LogP contribution in [0.1, 0.15) is 31.2 Å². The largest absolute Gasteiger partial charge is 0.317 e. The molecule has 0 spiro atoms. The van der Waals surface area contributed by atoms with Crippen LogP contribution in [0.4, 0.5) is 4.39 Å².